The van der Waals surface area contributed by atoms with Crippen LogP contribution in [0.4, 0.5) is 6.01 Å². The highest BCUT2D eigenvalue weighted by Crippen LogP contribution is 2.57. The summed E-state index contributed by atoms with van der Waals surface area (Å²) in [5.41, 5.74) is 0.593. The second kappa shape index (κ2) is 6.10. The molecule has 156 valence electrons. The fraction of sp³-hybridized carbons (Fsp3) is 0.333. The highest BCUT2D eigenvalue weighted by molar-refractivity contribution is 6.30. The van der Waals surface area contributed by atoms with Crippen molar-refractivity contribution in [2.75, 3.05) is 11.9 Å². The van der Waals surface area contributed by atoms with E-state index in [4.69, 9.17) is 16.0 Å². The Balaban J connectivity index is 1.37. The van der Waals surface area contributed by atoms with Crippen LogP contribution in [0.25, 0.3) is 11.5 Å². The molecule has 2 aliphatic heterocycles. The molecule has 6 unspecified atom stereocenters. The van der Waals surface area contributed by atoms with Crippen molar-refractivity contribution < 1.29 is 23.6 Å². The molecule has 2 saturated heterocycles. The van der Waals surface area contributed by atoms with Gasteiger partial charge in [0, 0.05) is 29.5 Å². The van der Waals surface area contributed by atoms with Crippen LogP contribution in [0.5, 0.6) is 0 Å². The average molecular weight is 439 g/mol. The van der Waals surface area contributed by atoms with Crippen LogP contribution >= 0.6 is 11.6 Å². The number of imide groups is 2. The SMILES string of the molecule is CN1C(=O)C2C3C=CC(C2C1=O)C1C(=O)N(c2nnc(-c4ccc(Cl)cc4)o2)C(=O)C31. The average Bonchev–Trinajstić information content (AvgIpc) is 3.42. The van der Waals surface area contributed by atoms with Crippen molar-refractivity contribution in [3.05, 3.63) is 41.4 Å². The minimum atomic E-state index is -0.724. The number of rotatable bonds is 2. The number of halogens is 1. The first-order valence-electron chi connectivity index (χ1n) is 9.85. The molecule has 6 atom stereocenters. The minimum Gasteiger partial charge on any atom is -0.403 e. The molecule has 3 fully saturated rings. The maximum atomic E-state index is 13.3. The Hall–Kier alpha value is -3.33. The van der Waals surface area contributed by atoms with E-state index < -0.39 is 47.3 Å². The molecule has 31 heavy (non-hydrogen) atoms. The van der Waals surface area contributed by atoms with Gasteiger partial charge in [-0.15, -0.1) is 5.10 Å². The van der Waals surface area contributed by atoms with Crippen LogP contribution in [0.1, 0.15) is 0 Å². The van der Waals surface area contributed by atoms with Crippen molar-refractivity contribution in [3.63, 3.8) is 0 Å². The quantitative estimate of drug-likeness (QED) is 0.516. The third-order valence-corrected chi connectivity index (χ3v) is 7.18. The maximum Gasteiger partial charge on any atom is 0.332 e. The van der Waals surface area contributed by atoms with E-state index in [-0.39, 0.29) is 23.7 Å². The fourth-order valence-electron chi connectivity index (χ4n) is 5.58. The lowest BCUT2D eigenvalue weighted by Crippen LogP contribution is -2.50. The van der Waals surface area contributed by atoms with E-state index in [0.717, 1.165) is 9.80 Å². The molecule has 1 saturated carbocycles. The molecule has 10 heteroatoms. The summed E-state index contributed by atoms with van der Waals surface area (Å²) in [6, 6.07) is 6.48. The first-order chi connectivity index (χ1) is 14.9. The number of allylic oxidation sites excluding steroid dienone is 2. The van der Waals surface area contributed by atoms with E-state index in [1.807, 2.05) is 0 Å². The van der Waals surface area contributed by atoms with Crippen molar-refractivity contribution in [2.45, 2.75) is 0 Å². The van der Waals surface area contributed by atoms with Gasteiger partial charge >= 0.3 is 6.01 Å². The van der Waals surface area contributed by atoms with Gasteiger partial charge in [0.25, 0.3) is 0 Å². The van der Waals surface area contributed by atoms with E-state index in [0.29, 0.717) is 10.6 Å². The van der Waals surface area contributed by atoms with E-state index in [9.17, 15) is 19.2 Å². The number of benzene rings is 1. The predicted molar refractivity (Wildman–Crippen MR) is 105 cm³/mol. The monoisotopic (exact) mass is 438 g/mol. The van der Waals surface area contributed by atoms with Gasteiger partial charge < -0.3 is 4.42 Å². The smallest absolute Gasteiger partial charge is 0.332 e. The number of hydrogen-bond donors (Lipinski definition) is 0. The van der Waals surface area contributed by atoms with Crippen molar-refractivity contribution in [3.8, 4) is 11.5 Å². The van der Waals surface area contributed by atoms with Crippen molar-refractivity contribution in [1.29, 1.82) is 0 Å². The molecular formula is C21H15ClN4O5. The first kappa shape index (κ1) is 18.4. The van der Waals surface area contributed by atoms with Gasteiger partial charge in [0.05, 0.1) is 23.7 Å². The summed E-state index contributed by atoms with van der Waals surface area (Å²) in [6.07, 6.45) is 3.61. The van der Waals surface area contributed by atoms with E-state index in [1.54, 1.807) is 36.4 Å². The summed E-state index contributed by atoms with van der Waals surface area (Å²) in [4.78, 5) is 54.0. The number of carbonyl (C=O) groups is 4. The Morgan fingerprint density at radius 2 is 1.32 bits per heavy atom. The largest absolute Gasteiger partial charge is 0.403 e. The lowest BCUT2D eigenvalue weighted by atomic mass is 9.54. The fourth-order valence-corrected chi connectivity index (χ4v) is 5.70. The van der Waals surface area contributed by atoms with Gasteiger partial charge in [-0.25, -0.2) is 0 Å². The summed E-state index contributed by atoms with van der Waals surface area (Å²) in [6.45, 7) is 0. The van der Waals surface area contributed by atoms with E-state index in [2.05, 4.69) is 10.2 Å². The Labute approximate surface area is 180 Å². The van der Waals surface area contributed by atoms with Gasteiger partial charge in [-0.3, -0.25) is 24.1 Å². The topological polar surface area (TPSA) is 114 Å². The van der Waals surface area contributed by atoms with Crippen LogP contribution in [-0.2, 0) is 19.2 Å². The van der Waals surface area contributed by atoms with E-state index in [1.165, 1.54) is 7.05 Å². The summed E-state index contributed by atoms with van der Waals surface area (Å²) >= 11 is 5.90. The summed E-state index contributed by atoms with van der Waals surface area (Å²) in [7, 11) is 1.45. The summed E-state index contributed by atoms with van der Waals surface area (Å²) in [5.74, 6) is -5.10. The first-order valence-corrected chi connectivity index (χ1v) is 10.2. The van der Waals surface area contributed by atoms with Crippen LogP contribution in [0.3, 0.4) is 0 Å². The third-order valence-electron chi connectivity index (χ3n) is 6.93. The zero-order valence-corrected chi connectivity index (χ0v) is 16.9. The zero-order valence-electron chi connectivity index (χ0n) is 16.1. The van der Waals surface area contributed by atoms with Gasteiger partial charge in [-0.2, -0.15) is 4.90 Å². The second-order valence-electron chi connectivity index (χ2n) is 8.29. The molecule has 0 spiro atoms. The molecule has 2 aromatic rings. The molecule has 3 heterocycles. The molecular weight excluding hydrogens is 424 g/mol. The maximum absolute atomic E-state index is 13.3. The number of carbonyl (C=O) groups excluding carboxylic acids is 4. The van der Waals surface area contributed by atoms with Crippen LogP contribution in [0.15, 0.2) is 40.8 Å². The molecule has 3 aliphatic carbocycles. The lowest BCUT2D eigenvalue weighted by Gasteiger charge is -2.44. The molecule has 0 radical (unpaired) electrons. The number of amides is 4. The van der Waals surface area contributed by atoms with Gasteiger partial charge in [-0.1, -0.05) is 28.9 Å². The van der Waals surface area contributed by atoms with Crippen LogP contribution < -0.4 is 4.90 Å². The molecule has 4 amide bonds. The molecule has 1 aromatic carbocycles. The normalized spacial score (nSPS) is 33.5. The van der Waals surface area contributed by atoms with Gasteiger partial charge in [0.1, 0.15) is 0 Å². The van der Waals surface area contributed by atoms with Crippen molar-refractivity contribution >= 4 is 41.2 Å². The predicted octanol–water partition coefficient (Wildman–Crippen LogP) is 1.54. The Bertz CT molecular complexity index is 1150. The summed E-state index contributed by atoms with van der Waals surface area (Å²) in [5, 5.41) is 8.41. The van der Waals surface area contributed by atoms with Crippen LogP contribution in [-0.4, -0.2) is 45.8 Å². The van der Waals surface area contributed by atoms with Gasteiger partial charge in [-0.05, 0) is 24.3 Å². The zero-order chi connectivity index (χ0) is 21.6. The van der Waals surface area contributed by atoms with Gasteiger partial charge in [0.15, 0.2) is 0 Å². The molecule has 0 N–H and O–H groups in total. The number of likely N-dealkylation sites (tertiary alicyclic amines) is 1. The minimum absolute atomic E-state index is 0.145. The standard InChI is InChI=1S/C21H15ClN4O5/c1-25-17(27)12-10-6-7-11(13(12)18(25)28)15-14(10)19(29)26(20(15)30)21-24-23-16(31-21)8-2-4-9(22)5-3-8/h2-7,10-15H,1H3. The molecule has 7 rings (SSSR count). The van der Waals surface area contributed by atoms with E-state index >= 15 is 0 Å². The molecule has 5 aliphatic rings. The lowest BCUT2D eigenvalue weighted by molar-refractivity contribution is -0.138. The highest BCUT2D eigenvalue weighted by atomic mass is 35.5. The van der Waals surface area contributed by atoms with Gasteiger partial charge in [0.2, 0.25) is 29.5 Å². The molecule has 9 nitrogen and oxygen atoms in total. The Morgan fingerprint density at radius 3 is 1.87 bits per heavy atom. The number of nitrogens with zero attached hydrogens (tertiary/aromatic N) is 4. The number of hydrogen-bond acceptors (Lipinski definition) is 7. The Kier molecular flexibility index (Phi) is 3.63. The second-order valence-corrected chi connectivity index (χ2v) is 8.72. The Morgan fingerprint density at radius 1 is 0.806 bits per heavy atom. The van der Waals surface area contributed by atoms with Crippen LogP contribution in [0, 0.1) is 35.5 Å². The third kappa shape index (κ3) is 2.26. The number of aromatic nitrogens is 2. The number of anilines is 1. The van der Waals surface area contributed by atoms with Crippen LogP contribution in [0.2, 0.25) is 5.02 Å². The van der Waals surface area contributed by atoms with Crippen molar-refractivity contribution in [2.24, 2.45) is 35.5 Å². The summed E-state index contributed by atoms with van der Waals surface area (Å²) < 4.78 is 5.64. The molecule has 2 bridgehead atoms. The van der Waals surface area contributed by atoms with Crippen molar-refractivity contribution in [1.82, 2.24) is 15.1 Å². The highest BCUT2D eigenvalue weighted by Gasteiger charge is 2.68. The molecule has 1 aromatic heterocycles.